The molecule has 1 atom stereocenters. The number of halogens is 2. The second-order valence-electron chi connectivity index (χ2n) is 5.48. The summed E-state index contributed by atoms with van der Waals surface area (Å²) in [4.78, 5) is 2.32. The first kappa shape index (κ1) is 14.0. The van der Waals surface area contributed by atoms with Crippen LogP contribution in [0.15, 0.2) is 18.2 Å². The lowest BCUT2D eigenvalue weighted by Gasteiger charge is -2.43. The van der Waals surface area contributed by atoms with E-state index in [1.54, 1.807) is 0 Å². The molecule has 0 radical (unpaired) electrons. The van der Waals surface area contributed by atoms with Gasteiger partial charge in [-0.15, -0.1) is 11.6 Å². The summed E-state index contributed by atoms with van der Waals surface area (Å²) in [7, 11) is 0. The minimum absolute atomic E-state index is 0.149. The first-order chi connectivity index (χ1) is 8.41. The maximum absolute atomic E-state index is 6.10. The third-order valence-electron chi connectivity index (χ3n) is 3.10. The predicted molar refractivity (Wildman–Crippen MR) is 77.8 cm³/mol. The number of hydrogen-bond acceptors (Lipinski definition) is 2. The van der Waals surface area contributed by atoms with Crippen LogP contribution in [0.1, 0.15) is 26.3 Å². The zero-order valence-electron chi connectivity index (χ0n) is 11.0. The second kappa shape index (κ2) is 5.28. The lowest BCUT2D eigenvalue weighted by molar-refractivity contribution is -0.0750. The Balaban J connectivity index is 2.32. The van der Waals surface area contributed by atoms with E-state index in [2.05, 4.69) is 25.7 Å². The van der Waals surface area contributed by atoms with Gasteiger partial charge in [0.1, 0.15) is 0 Å². The molecule has 1 aliphatic heterocycles. The third-order valence-corrected chi connectivity index (χ3v) is 3.62. The van der Waals surface area contributed by atoms with Gasteiger partial charge in [0.2, 0.25) is 0 Å². The van der Waals surface area contributed by atoms with E-state index < -0.39 is 0 Å². The molecule has 1 aliphatic rings. The number of anilines is 1. The zero-order valence-corrected chi connectivity index (χ0v) is 12.6. The van der Waals surface area contributed by atoms with Gasteiger partial charge in [-0.1, -0.05) is 17.7 Å². The van der Waals surface area contributed by atoms with E-state index in [-0.39, 0.29) is 11.7 Å². The first-order valence-electron chi connectivity index (χ1n) is 6.18. The minimum atomic E-state index is -0.149. The Bertz CT molecular complexity index is 434. The van der Waals surface area contributed by atoms with Gasteiger partial charge in [-0.2, -0.15) is 0 Å². The number of morpholine rings is 1. The van der Waals surface area contributed by atoms with Gasteiger partial charge >= 0.3 is 0 Å². The maximum atomic E-state index is 6.10. The molecule has 0 aromatic heterocycles. The van der Waals surface area contributed by atoms with Crippen molar-refractivity contribution in [2.24, 2.45) is 0 Å². The van der Waals surface area contributed by atoms with Crippen LogP contribution in [-0.4, -0.2) is 24.8 Å². The number of benzene rings is 1. The lowest BCUT2D eigenvalue weighted by atomic mass is 10.0. The fourth-order valence-electron chi connectivity index (χ4n) is 2.58. The van der Waals surface area contributed by atoms with Crippen molar-refractivity contribution in [1.29, 1.82) is 0 Å². The molecule has 1 aromatic rings. The topological polar surface area (TPSA) is 12.5 Å². The van der Waals surface area contributed by atoms with Gasteiger partial charge in [0.25, 0.3) is 0 Å². The van der Waals surface area contributed by atoms with Crippen LogP contribution in [0, 0.1) is 0 Å². The Morgan fingerprint density at radius 3 is 2.78 bits per heavy atom. The molecule has 1 saturated heterocycles. The van der Waals surface area contributed by atoms with E-state index >= 15 is 0 Å². The molecule has 0 spiro atoms. The summed E-state index contributed by atoms with van der Waals surface area (Å²) in [6.07, 6.45) is 0.205. The van der Waals surface area contributed by atoms with Gasteiger partial charge in [-0.3, -0.25) is 0 Å². The van der Waals surface area contributed by atoms with E-state index in [9.17, 15) is 0 Å². The van der Waals surface area contributed by atoms with Crippen molar-refractivity contribution >= 4 is 28.9 Å². The summed E-state index contributed by atoms with van der Waals surface area (Å²) in [5.74, 6) is 0.499. The van der Waals surface area contributed by atoms with Gasteiger partial charge < -0.3 is 9.64 Å². The Kier molecular flexibility index (Phi) is 4.10. The molecule has 0 aliphatic carbocycles. The average molecular weight is 288 g/mol. The number of hydrogen-bond donors (Lipinski definition) is 0. The highest BCUT2D eigenvalue weighted by atomic mass is 35.5. The summed E-state index contributed by atoms with van der Waals surface area (Å²) in [5.41, 5.74) is 2.09. The monoisotopic (exact) mass is 287 g/mol. The van der Waals surface area contributed by atoms with Crippen LogP contribution < -0.4 is 4.90 Å². The molecule has 100 valence electrons. The molecule has 18 heavy (non-hydrogen) atoms. The van der Waals surface area contributed by atoms with E-state index in [1.165, 1.54) is 0 Å². The van der Waals surface area contributed by atoms with Crippen molar-refractivity contribution in [2.45, 2.75) is 38.4 Å². The number of ether oxygens (including phenoxy) is 1. The second-order valence-corrected chi connectivity index (χ2v) is 6.18. The molecule has 0 saturated carbocycles. The van der Waals surface area contributed by atoms with Crippen molar-refractivity contribution in [3.63, 3.8) is 0 Å². The van der Waals surface area contributed by atoms with Gasteiger partial charge in [0, 0.05) is 29.7 Å². The Morgan fingerprint density at radius 1 is 1.44 bits per heavy atom. The normalized spacial score (nSPS) is 23.2. The number of rotatable bonds is 2. The largest absolute Gasteiger partial charge is 0.369 e. The molecule has 0 bridgehead atoms. The van der Waals surface area contributed by atoms with Gasteiger partial charge in [0.05, 0.1) is 11.7 Å². The average Bonchev–Trinajstić information content (AvgIpc) is 2.26. The van der Waals surface area contributed by atoms with E-state index in [4.69, 9.17) is 27.9 Å². The molecular formula is C14H19Cl2NO. The van der Waals surface area contributed by atoms with E-state index in [1.807, 2.05) is 18.2 Å². The summed E-state index contributed by atoms with van der Waals surface area (Å²) in [5, 5.41) is 0.746. The molecular weight excluding hydrogens is 269 g/mol. The zero-order chi connectivity index (χ0) is 13.3. The Labute approximate surface area is 119 Å². The summed E-state index contributed by atoms with van der Waals surface area (Å²) in [6, 6.07) is 5.88. The first-order valence-corrected chi connectivity index (χ1v) is 7.10. The molecule has 2 rings (SSSR count). The maximum Gasteiger partial charge on any atom is 0.0805 e. The fraction of sp³-hybridized carbons (Fsp3) is 0.571. The van der Waals surface area contributed by atoms with Crippen molar-refractivity contribution < 1.29 is 4.74 Å². The smallest absolute Gasteiger partial charge is 0.0805 e. The van der Waals surface area contributed by atoms with Gasteiger partial charge in [-0.25, -0.2) is 0 Å². The van der Waals surface area contributed by atoms with Crippen molar-refractivity contribution in [3.8, 4) is 0 Å². The summed E-state index contributed by atoms with van der Waals surface area (Å²) < 4.78 is 5.92. The van der Waals surface area contributed by atoms with Crippen LogP contribution >= 0.6 is 23.2 Å². The van der Waals surface area contributed by atoms with Crippen LogP contribution in [0.3, 0.4) is 0 Å². The fourth-order valence-corrected chi connectivity index (χ4v) is 2.97. The van der Waals surface area contributed by atoms with Crippen LogP contribution in [0.4, 0.5) is 5.69 Å². The minimum Gasteiger partial charge on any atom is -0.369 e. The van der Waals surface area contributed by atoms with E-state index in [0.29, 0.717) is 5.88 Å². The highest BCUT2D eigenvalue weighted by Gasteiger charge is 2.32. The van der Waals surface area contributed by atoms with Crippen LogP contribution in [0.25, 0.3) is 0 Å². The predicted octanol–water partition coefficient (Wildman–Crippen LogP) is 4.08. The molecule has 1 fully saturated rings. The molecule has 2 nitrogen and oxygen atoms in total. The standard InChI is InChI=1S/C14H19Cl2NO/c1-10-8-17(9-14(2,3)18-10)13-6-12(16)5-4-11(13)7-15/h4-6,10H,7-9H2,1-3H3. The van der Waals surface area contributed by atoms with Crippen molar-refractivity contribution in [1.82, 2.24) is 0 Å². The molecule has 1 heterocycles. The summed E-state index contributed by atoms with van der Waals surface area (Å²) in [6.45, 7) is 8.04. The third kappa shape index (κ3) is 3.11. The highest BCUT2D eigenvalue weighted by Crippen LogP contribution is 2.31. The molecule has 0 amide bonds. The SMILES string of the molecule is CC1CN(c2cc(Cl)ccc2CCl)CC(C)(C)O1. The summed E-state index contributed by atoms with van der Waals surface area (Å²) >= 11 is 12.1. The quantitative estimate of drug-likeness (QED) is 0.760. The number of alkyl halides is 1. The van der Waals surface area contributed by atoms with Gasteiger partial charge in [-0.05, 0) is 38.5 Å². The molecule has 0 N–H and O–H groups in total. The van der Waals surface area contributed by atoms with Crippen molar-refractivity contribution in [3.05, 3.63) is 28.8 Å². The van der Waals surface area contributed by atoms with Crippen LogP contribution in [0.2, 0.25) is 5.02 Å². The molecule has 1 unspecified atom stereocenters. The number of nitrogens with zero attached hydrogens (tertiary/aromatic N) is 1. The van der Waals surface area contributed by atoms with Crippen molar-refractivity contribution in [2.75, 3.05) is 18.0 Å². The van der Waals surface area contributed by atoms with Crippen LogP contribution in [-0.2, 0) is 10.6 Å². The highest BCUT2D eigenvalue weighted by molar-refractivity contribution is 6.31. The Morgan fingerprint density at radius 2 is 2.17 bits per heavy atom. The van der Waals surface area contributed by atoms with Gasteiger partial charge in [0.15, 0.2) is 0 Å². The molecule has 1 aromatic carbocycles. The lowest BCUT2D eigenvalue weighted by Crippen LogP contribution is -2.52. The van der Waals surface area contributed by atoms with Crippen LogP contribution in [0.5, 0.6) is 0 Å². The van der Waals surface area contributed by atoms with E-state index in [0.717, 1.165) is 29.4 Å². The molecule has 4 heteroatoms. The Hall–Kier alpha value is -0.440.